The minimum atomic E-state index is -0.536. The summed E-state index contributed by atoms with van der Waals surface area (Å²) in [4.78, 5) is 40.6. The van der Waals surface area contributed by atoms with Crippen LogP contribution in [0.15, 0.2) is 11.6 Å². The van der Waals surface area contributed by atoms with Gasteiger partial charge in [-0.25, -0.2) is 0 Å². The fraction of sp³-hybridized carbons (Fsp3) is 0.839. The highest BCUT2D eigenvalue weighted by atomic mass is 16.5. The van der Waals surface area contributed by atoms with Gasteiger partial charge in [-0.3, -0.25) is 14.4 Å². The second-order valence-corrected chi connectivity index (χ2v) is 15.0. The maximum absolute atomic E-state index is 14.3. The van der Waals surface area contributed by atoms with E-state index < -0.39 is 5.41 Å². The van der Waals surface area contributed by atoms with Gasteiger partial charge < -0.3 is 4.74 Å². The number of methoxy groups -OCH3 is 1. The molecule has 4 nitrogen and oxygen atoms in total. The standard InChI is InChI=1S/C31H46O4/c1-26(2)13-15-31(25(34)35-8)16-14-30(7)24(19(31)18-26)20(32)17-22-28(5)11-10-23(33)27(3,4)21(28)9-12-29(22,30)6/h17,19,21,24H,9-16,18H2,1-8H3/t19-,21-,24+,28+,29+,30-,31+/m1/s1. The van der Waals surface area contributed by atoms with Crippen molar-refractivity contribution in [3.05, 3.63) is 11.6 Å². The summed E-state index contributed by atoms with van der Waals surface area (Å²) in [5.74, 6) is 0.648. The molecule has 0 aliphatic heterocycles. The van der Waals surface area contributed by atoms with Crippen LogP contribution in [0.3, 0.4) is 0 Å². The molecule has 0 aromatic carbocycles. The highest BCUT2D eigenvalue weighted by Gasteiger charge is 2.71. The second-order valence-electron chi connectivity index (χ2n) is 15.0. The average Bonchev–Trinajstić information content (AvgIpc) is 2.77. The van der Waals surface area contributed by atoms with Gasteiger partial charge in [-0.2, -0.15) is 0 Å². The smallest absolute Gasteiger partial charge is 0.312 e. The summed E-state index contributed by atoms with van der Waals surface area (Å²) in [6.45, 7) is 16.0. The molecule has 5 aliphatic rings. The van der Waals surface area contributed by atoms with Crippen LogP contribution >= 0.6 is 0 Å². The van der Waals surface area contributed by atoms with Gasteiger partial charge in [-0.15, -0.1) is 0 Å². The van der Waals surface area contributed by atoms with Crippen LogP contribution < -0.4 is 0 Å². The fourth-order valence-corrected chi connectivity index (χ4v) is 10.4. The van der Waals surface area contributed by atoms with Crippen molar-refractivity contribution >= 4 is 17.5 Å². The molecule has 0 radical (unpaired) electrons. The van der Waals surface area contributed by atoms with E-state index in [1.807, 2.05) is 6.08 Å². The van der Waals surface area contributed by atoms with Crippen LogP contribution in [0.4, 0.5) is 0 Å². The number of carbonyl (C=O) groups excluding carboxylic acids is 3. The molecule has 0 bridgehead atoms. The van der Waals surface area contributed by atoms with Gasteiger partial charge in [0, 0.05) is 17.8 Å². The zero-order valence-electron chi connectivity index (χ0n) is 23.3. The van der Waals surface area contributed by atoms with E-state index in [2.05, 4.69) is 48.5 Å². The molecule has 4 saturated carbocycles. The molecular weight excluding hydrogens is 436 g/mol. The molecule has 5 rings (SSSR count). The summed E-state index contributed by atoms with van der Waals surface area (Å²) in [5, 5.41) is 0. The van der Waals surface area contributed by atoms with Crippen molar-refractivity contribution in [1.82, 2.24) is 0 Å². The molecule has 0 saturated heterocycles. The van der Waals surface area contributed by atoms with Crippen LogP contribution in [0.25, 0.3) is 0 Å². The van der Waals surface area contributed by atoms with E-state index in [9.17, 15) is 14.4 Å². The predicted octanol–water partition coefficient (Wildman–Crippen LogP) is 6.71. The Kier molecular flexibility index (Phi) is 5.27. The summed E-state index contributed by atoms with van der Waals surface area (Å²) < 4.78 is 5.42. The maximum Gasteiger partial charge on any atom is 0.312 e. The number of carbonyl (C=O) groups is 3. The van der Waals surface area contributed by atoms with Gasteiger partial charge in [0.05, 0.1) is 12.5 Å². The molecule has 4 fully saturated rings. The molecule has 5 aliphatic carbocycles. The third-order valence-corrected chi connectivity index (χ3v) is 12.7. The van der Waals surface area contributed by atoms with Crippen molar-refractivity contribution in [2.75, 3.05) is 7.11 Å². The number of esters is 1. The lowest BCUT2D eigenvalue weighted by Crippen LogP contribution is -2.66. The Morgan fingerprint density at radius 2 is 1.57 bits per heavy atom. The zero-order chi connectivity index (χ0) is 25.8. The largest absolute Gasteiger partial charge is 0.469 e. The van der Waals surface area contributed by atoms with Crippen molar-refractivity contribution in [3.8, 4) is 0 Å². The molecule has 0 unspecified atom stereocenters. The van der Waals surface area contributed by atoms with Crippen LogP contribution in [0.5, 0.6) is 0 Å². The molecule has 194 valence electrons. The number of fused-ring (bicyclic) bond motifs is 7. The first-order valence-corrected chi connectivity index (χ1v) is 14.0. The lowest BCUT2D eigenvalue weighted by atomic mass is 9.34. The first-order chi connectivity index (χ1) is 16.1. The zero-order valence-corrected chi connectivity index (χ0v) is 23.3. The molecule has 4 heteroatoms. The Balaban J connectivity index is 1.65. The number of ketones is 2. The molecule has 35 heavy (non-hydrogen) atoms. The fourth-order valence-electron chi connectivity index (χ4n) is 10.4. The van der Waals surface area contributed by atoms with Crippen LogP contribution in [-0.2, 0) is 19.1 Å². The number of Topliss-reactive ketones (excluding diaryl/α,β-unsaturated/α-hetero) is 1. The maximum atomic E-state index is 14.3. The molecule has 0 N–H and O–H groups in total. The lowest BCUT2D eigenvalue weighted by Gasteiger charge is -2.69. The minimum Gasteiger partial charge on any atom is -0.469 e. The third kappa shape index (κ3) is 3.00. The Labute approximate surface area is 212 Å². The number of hydrogen-bond acceptors (Lipinski definition) is 4. The SMILES string of the molecule is COC(=O)[C@]12CCC(C)(C)C[C@@H]1[C@H]1C(=O)C=C3[C@](C)(CC[C@@H]4C(C)(C)C(=O)CC[C@]34C)[C@]1(C)CC2. The monoisotopic (exact) mass is 482 g/mol. The van der Waals surface area contributed by atoms with Crippen LogP contribution in [0.1, 0.15) is 106 Å². The first kappa shape index (κ1) is 25.2. The number of allylic oxidation sites excluding steroid dienone is 2. The second kappa shape index (κ2) is 7.32. The lowest BCUT2D eigenvalue weighted by molar-refractivity contribution is -0.192. The summed E-state index contributed by atoms with van der Waals surface area (Å²) >= 11 is 0. The van der Waals surface area contributed by atoms with Crippen molar-refractivity contribution in [2.24, 2.45) is 50.2 Å². The minimum absolute atomic E-state index is 0.0227. The Hall–Kier alpha value is -1.45. The third-order valence-electron chi connectivity index (χ3n) is 12.7. The van der Waals surface area contributed by atoms with Gasteiger partial charge in [0.25, 0.3) is 0 Å². The van der Waals surface area contributed by atoms with E-state index in [1.54, 1.807) is 0 Å². The van der Waals surface area contributed by atoms with Crippen LogP contribution in [-0.4, -0.2) is 24.6 Å². The number of hydrogen-bond donors (Lipinski definition) is 0. The first-order valence-electron chi connectivity index (χ1n) is 14.0. The quantitative estimate of drug-likeness (QED) is 0.390. The molecule has 7 atom stereocenters. The molecule has 0 aromatic heterocycles. The average molecular weight is 483 g/mol. The van der Waals surface area contributed by atoms with Gasteiger partial charge in [0.1, 0.15) is 5.78 Å². The summed E-state index contributed by atoms with van der Waals surface area (Å²) in [7, 11) is 1.51. The molecule has 0 aromatic rings. The summed E-state index contributed by atoms with van der Waals surface area (Å²) in [5.41, 5.74) is 0.119. The van der Waals surface area contributed by atoms with Gasteiger partial charge in [0.2, 0.25) is 0 Å². The number of ether oxygens (including phenoxy) is 1. The Bertz CT molecular complexity index is 1020. The highest BCUT2D eigenvalue weighted by Crippen LogP contribution is 2.74. The van der Waals surface area contributed by atoms with E-state index in [0.717, 1.165) is 51.4 Å². The molecule has 0 amide bonds. The highest BCUT2D eigenvalue weighted by molar-refractivity contribution is 5.96. The number of rotatable bonds is 1. The van der Waals surface area contributed by atoms with Gasteiger partial charge in [0.15, 0.2) is 5.78 Å². The van der Waals surface area contributed by atoms with Crippen LogP contribution in [0.2, 0.25) is 0 Å². The Morgan fingerprint density at radius 3 is 2.23 bits per heavy atom. The van der Waals surface area contributed by atoms with Crippen molar-refractivity contribution in [3.63, 3.8) is 0 Å². The van der Waals surface area contributed by atoms with Crippen molar-refractivity contribution in [2.45, 2.75) is 106 Å². The van der Waals surface area contributed by atoms with E-state index in [0.29, 0.717) is 12.2 Å². The van der Waals surface area contributed by atoms with Crippen molar-refractivity contribution < 1.29 is 19.1 Å². The van der Waals surface area contributed by atoms with Gasteiger partial charge in [-0.1, -0.05) is 54.0 Å². The van der Waals surface area contributed by atoms with E-state index in [-0.39, 0.29) is 56.6 Å². The predicted molar refractivity (Wildman–Crippen MR) is 136 cm³/mol. The summed E-state index contributed by atoms with van der Waals surface area (Å²) in [6.07, 6.45) is 9.92. The molecule has 0 spiro atoms. The van der Waals surface area contributed by atoms with E-state index >= 15 is 0 Å². The summed E-state index contributed by atoms with van der Waals surface area (Å²) in [6, 6.07) is 0. The molecular formula is C31H46O4. The van der Waals surface area contributed by atoms with E-state index in [4.69, 9.17) is 4.74 Å². The van der Waals surface area contributed by atoms with E-state index in [1.165, 1.54) is 12.7 Å². The van der Waals surface area contributed by atoms with Crippen LogP contribution in [0, 0.1) is 50.2 Å². The Morgan fingerprint density at radius 1 is 0.914 bits per heavy atom. The normalized spacial score (nSPS) is 48.0. The van der Waals surface area contributed by atoms with Gasteiger partial charge >= 0.3 is 5.97 Å². The topological polar surface area (TPSA) is 60.4 Å². The van der Waals surface area contributed by atoms with Crippen molar-refractivity contribution in [1.29, 1.82) is 0 Å². The van der Waals surface area contributed by atoms with Gasteiger partial charge in [-0.05, 0) is 90.9 Å². The molecule has 0 heterocycles.